The predicted molar refractivity (Wildman–Crippen MR) is 86.2 cm³/mol. The van der Waals surface area contributed by atoms with Crippen LogP contribution in [0.4, 0.5) is 0 Å². The summed E-state index contributed by atoms with van der Waals surface area (Å²) < 4.78 is 8.29. The van der Waals surface area contributed by atoms with Gasteiger partial charge in [0.25, 0.3) is 7.59 Å². The second kappa shape index (κ2) is 8.65. The van der Waals surface area contributed by atoms with Crippen LogP contribution >= 0.6 is 54.0 Å². The lowest BCUT2D eigenvalue weighted by Crippen LogP contribution is -2.45. The molecule has 0 amide bonds. The van der Waals surface area contributed by atoms with E-state index in [9.17, 15) is 4.57 Å². The maximum atomic E-state index is 11.2. The molecule has 0 saturated carbocycles. The van der Waals surface area contributed by atoms with Crippen LogP contribution in [-0.2, 0) is 4.57 Å². The van der Waals surface area contributed by atoms with Crippen molar-refractivity contribution in [3.8, 4) is 0 Å². The summed E-state index contributed by atoms with van der Waals surface area (Å²) in [6.07, 6.45) is 5.73. The molecule has 0 saturated heterocycles. The summed E-state index contributed by atoms with van der Waals surface area (Å²) in [5, 5.41) is 2.36. The zero-order valence-electron chi connectivity index (χ0n) is 11.0. The van der Waals surface area contributed by atoms with E-state index in [0.29, 0.717) is 6.42 Å². The van der Waals surface area contributed by atoms with E-state index < -0.39 is 16.3 Å². The fraction of sp³-hybridized carbons (Fsp3) is 1.00. The second-order valence-corrected chi connectivity index (χ2v) is 9.32. The third-order valence-electron chi connectivity index (χ3n) is 2.68. The average molecular weight is 373 g/mol. The lowest BCUT2D eigenvalue weighted by atomic mass is 10.1. The first-order valence-electron chi connectivity index (χ1n) is 6.20. The smallest absolute Gasteiger partial charge is 0.271 e. The maximum Gasteiger partial charge on any atom is 0.273 e. The van der Waals surface area contributed by atoms with Crippen LogP contribution in [-0.4, -0.2) is 15.2 Å². The first-order valence-corrected chi connectivity index (χ1v) is 9.55. The number of rotatable bonds is 10. The van der Waals surface area contributed by atoms with E-state index in [1.165, 1.54) is 6.42 Å². The normalized spacial score (nSPS) is 13.8. The molecule has 0 atom stereocenters. The lowest BCUT2D eigenvalue weighted by molar-refractivity contribution is 0.526. The molecule has 0 rings (SSSR count). The Balaban J connectivity index is 4.23. The van der Waals surface area contributed by atoms with Crippen molar-refractivity contribution in [3.63, 3.8) is 0 Å². The Morgan fingerprint density at radius 3 is 2.00 bits per heavy atom. The fourth-order valence-corrected chi connectivity index (χ4v) is 2.88. The van der Waals surface area contributed by atoms with Gasteiger partial charge in [-0.2, -0.15) is 0 Å². The van der Waals surface area contributed by atoms with Crippen LogP contribution in [0, 0.1) is 0 Å². The molecule has 0 spiro atoms. The standard InChI is InChI=1S/C10H22Cl4N3OP/c1-2-3-4-5-6-7-9(11,12)10(13,14)8-17-19(15,16)18/h2-8H2,1H3,(H5,15,16,17,18). The minimum Gasteiger partial charge on any atom is -0.271 e. The summed E-state index contributed by atoms with van der Waals surface area (Å²) in [4.78, 5) is 0. The quantitative estimate of drug-likeness (QED) is 0.303. The molecular weight excluding hydrogens is 351 g/mol. The monoisotopic (exact) mass is 371 g/mol. The highest BCUT2D eigenvalue weighted by Crippen LogP contribution is 2.46. The topological polar surface area (TPSA) is 81.1 Å². The van der Waals surface area contributed by atoms with Crippen LogP contribution in [0.15, 0.2) is 0 Å². The molecule has 0 aromatic rings. The highest BCUT2D eigenvalue weighted by atomic mass is 35.5. The van der Waals surface area contributed by atoms with Crippen LogP contribution in [0.5, 0.6) is 0 Å². The molecular formula is C10H22Cl4N3OP. The number of halogens is 4. The van der Waals surface area contributed by atoms with Gasteiger partial charge in [-0.15, -0.1) is 0 Å². The van der Waals surface area contributed by atoms with Gasteiger partial charge in [0, 0.05) is 6.54 Å². The van der Waals surface area contributed by atoms with Gasteiger partial charge < -0.3 is 0 Å². The Kier molecular flexibility index (Phi) is 9.23. The van der Waals surface area contributed by atoms with E-state index in [1.54, 1.807) is 0 Å². The van der Waals surface area contributed by atoms with Crippen LogP contribution in [0.25, 0.3) is 0 Å². The molecule has 0 bridgehead atoms. The summed E-state index contributed by atoms with van der Waals surface area (Å²) in [6.45, 7) is 1.99. The van der Waals surface area contributed by atoms with E-state index in [1.807, 2.05) is 0 Å². The molecule has 0 aromatic heterocycles. The molecule has 5 N–H and O–H groups in total. The van der Waals surface area contributed by atoms with Gasteiger partial charge in [0.15, 0.2) is 8.67 Å². The van der Waals surface area contributed by atoms with Crippen LogP contribution in [0.1, 0.15) is 45.4 Å². The van der Waals surface area contributed by atoms with Gasteiger partial charge in [-0.25, -0.2) is 5.09 Å². The zero-order valence-corrected chi connectivity index (χ0v) is 14.9. The SMILES string of the molecule is CCCCCCCC(Cl)(Cl)C(Cl)(Cl)CNP(N)(N)=O. The Hall–Kier alpha value is 1.27. The fourth-order valence-electron chi connectivity index (χ4n) is 1.49. The van der Waals surface area contributed by atoms with Gasteiger partial charge in [0.2, 0.25) is 0 Å². The van der Waals surface area contributed by atoms with Gasteiger partial charge in [0.1, 0.15) is 0 Å². The second-order valence-electron chi connectivity index (χ2n) is 4.62. The minimum atomic E-state index is -3.41. The molecule has 0 fully saturated rings. The van der Waals surface area contributed by atoms with E-state index in [0.717, 1.165) is 25.7 Å². The summed E-state index contributed by atoms with van der Waals surface area (Å²) in [6, 6.07) is 0. The molecule has 0 aliphatic heterocycles. The third kappa shape index (κ3) is 9.00. The van der Waals surface area contributed by atoms with Gasteiger partial charge in [-0.05, 0) is 6.42 Å². The number of alkyl halides is 4. The highest BCUT2D eigenvalue weighted by Gasteiger charge is 2.46. The van der Waals surface area contributed by atoms with Gasteiger partial charge in [-0.3, -0.25) is 15.6 Å². The number of hydrogen-bond donors (Lipinski definition) is 3. The molecule has 0 aromatic carbocycles. The van der Waals surface area contributed by atoms with Crippen LogP contribution < -0.4 is 16.1 Å². The van der Waals surface area contributed by atoms with E-state index in [4.69, 9.17) is 57.4 Å². The molecule has 4 nitrogen and oxygen atoms in total. The van der Waals surface area contributed by atoms with Gasteiger partial charge in [-0.1, -0.05) is 85.4 Å². The van der Waals surface area contributed by atoms with Gasteiger partial charge >= 0.3 is 0 Å². The van der Waals surface area contributed by atoms with E-state index in [2.05, 4.69) is 12.0 Å². The lowest BCUT2D eigenvalue weighted by Gasteiger charge is -2.33. The summed E-state index contributed by atoms with van der Waals surface area (Å²) in [5.74, 6) is 0. The summed E-state index contributed by atoms with van der Waals surface area (Å²) in [5.41, 5.74) is 10.3. The van der Waals surface area contributed by atoms with Crippen molar-refractivity contribution in [2.24, 2.45) is 11.0 Å². The molecule has 0 aliphatic rings. The Morgan fingerprint density at radius 2 is 1.53 bits per heavy atom. The molecule has 0 radical (unpaired) electrons. The van der Waals surface area contributed by atoms with Crippen LogP contribution in [0.2, 0.25) is 0 Å². The number of unbranched alkanes of at least 4 members (excludes halogenated alkanes) is 4. The van der Waals surface area contributed by atoms with Crippen molar-refractivity contribution in [1.29, 1.82) is 0 Å². The molecule has 0 unspecified atom stereocenters. The minimum absolute atomic E-state index is 0.150. The molecule has 0 aliphatic carbocycles. The van der Waals surface area contributed by atoms with Crippen molar-refractivity contribution in [3.05, 3.63) is 0 Å². The van der Waals surface area contributed by atoms with E-state index >= 15 is 0 Å². The maximum absolute atomic E-state index is 11.2. The number of nitrogens with two attached hydrogens (primary N) is 2. The number of hydrogen-bond acceptors (Lipinski definition) is 1. The molecule has 0 heterocycles. The third-order valence-corrected chi connectivity index (χ3v) is 5.65. The molecule has 116 valence electrons. The average Bonchev–Trinajstić information content (AvgIpc) is 2.25. The summed E-state index contributed by atoms with van der Waals surface area (Å²) in [7, 11) is -3.41. The van der Waals surface area contributed by atoms with Crippen molar-refractivity contribution in [2.75, 3.05) is 6.54 Å². The van der Waals surface area contributed by atoms with Crippen molar-refractivity contribution in [1.82, 2.24) is 5.09 Å². The van der Waals surface area contributed by atoms with Gasteiger partial charge in [0.05, 0.1) is 0 Å². The Bertz CT molecular complexity index is 309. The van der Waals surface area contributed by atoms with Crippen molar-refractivity contribution >= 4 is 54.0 Å². The van der Waals surface area contributed by atoms with Crippen molar-refractivity contribution in [2.45, 2.75) is 54.1 Å². The number of nitrogens with one attached hydrogen (secondary N) is 1. The van der Waals surface area contributed by atoms with Crippen LogP contribution in [0.3, 0.4) is 0 Å². The molecule has 9 heteroatoms. The first kappa shape index (κ1) is 20.3. The Labute approximate surface area is 135 Å². The van der Waals surface area contributed by atoms with E-state index in [-0.39, 0.29) is 6.54 Å². The highest BCUT2D eigenvalue weighted by molar-refractivity contribution is 7.56. The van der Waals surface area contributed by atoms with Crippen molar-refractivity contribution < 1.29 is 4.57 Å². The zero-order chi connectivity index (χ0) is 15.2. The largest absolute Gasteiger partial charge is 0.273 e. The summed E-state index contributed by atoms with van der Waals surface area (Å²) >= 11 is 24.5. The first-order chi connectivity index (χ1) is 8.52. The predicted octanol–water partition coefficient (Wildman–Crippen LogP) is 4.31. The molecule has 19 heavy (non-hydrogen) atoms. The Morgan fingerprint density at radius 1 is 1.00 bits per heavy atom.